The predicted octanol–water partition coefficient (Wildman–Crippen LogP) is 1.22. The molecule has 1 unspecified atom stereocenters. The number of carbonyl (C=O) groups is 1. The van der Waals surface area contributed by atoms with Gasteiger partial charge < -0.3 is 9.47 Å². The van der Waals surface area contributed by atoms with E-state index in [2.05, 4.69) is 20.0 Å². The lowest BCUT2D eigenvalue weighted by Crippen LogP contribution is -2.42. The summed E-state index contributed by atoms with van der Waals surface area (Å²) in [6.45, 7) is 5.13. The average molecular weight is 270 g/mol. The van der Waals surface area contributed by atoms with Gasteiger partial charge in [0.1, 0.15) is 5.01 Å². The largest absolute Gasteiger partial charge is 0.469 e. The highest BCUT2D eigenvalue weighted by atomic mass is 32.1. The van der Waals surface area contributed by atoms with Gasteiger partial charge in [-0.3, -0.25) is 9.69 Å². The van der Waals surface area contributed by atoms with Crippen molar-refractivity contribution in [1.82, 2.24) is 9.88 Å². The van der Waals surface area contributed by atoms with Crippen LogP contribution in [-0.4, -0.2) is 48.8 Å². The fraction of sp³-hybridized carbons (Fsp3) is 0.667. The van der Waals surface area contributed by atoms with Gasteiger partial charge in [0, 0.05) is 24.2 Å². The SMILES string of the molecule is COC(=O)CC1CN(Cc2nc(C)cs2)CCO1. The monoisotopic (exact) mass is 270 g/mol. The topological polar surface area (TPSA) is 51.7 Å². The fourth-order valence-corrected chi connectivity index (χ4v) is 2.80. The van der Waals surface area contributed by atoms with Gasteiger partial charge in [0.25, 0.3) is 0 Å². The summed E-state index contributed by atoms with van der Waals surface area (Å²) in [5.74, 6) is -0.216. The standard InChI is InChI=1S/C12H18N2O3S/c1-9-8-18-11(13-9)7-14-3-4-17-10(6-14)5-12(15)16-2/h8,10H,3-7H2,1-2H3. The first-order valence-electron chi connectivity index (χ1n) is 5.99. The lowest BCUT2D eigenvalue weighted by molar-refractivity contribution is -0.145. The number of carbonyl (C=O) groups excluding carboxylic acids is 1. The molecule has 5 nitrogen and oxygen atoms in total. The number of nitrogens with zero attached hydrogens (tertiary/aromatic N) is 2. The molecule has 6 heteroatoms. The van der Waals surface area contributed by atoms with Gasteiger partial charge in [-0.1, -0.05) is 0 Å². The molecule has 0 aromatic carbocycles. The summed E-state index contributed by atoms with van der Waals surface area (Å²) in [5.41, 5.74) is 1.06. The van der Waals surface area contributed by atoms with Crippen LogP contribution >= 0.6 is 11.3 Å². The summed E-state index contributed by atoms with van der Waals surface area (Å²) >= 11 is 1.68. The van der Waals surface area contributed by atoms with Crippen LogP contribution in [0.25, 0.3) is 0 Å². The number of methoxy groups -OCH3 is 1. The summed E-state index contributed by atoms with van der Waals surface area (Å²) in [6, 6.07) is 0. The quantitative estimate of drug-likeness (QED) is 0.770. The van der Waals surface area contributed by atoms with E-state index in [-0.39, 0.29) is 12.1 Å². The van der Waals surface area contributed by atoms with Crippen LogP contribution in [0.3, 0.4) is 0 Å². The van der Waals surface area contributed by atoms with Crippen molar-refractivity contribution in [3.63, 3.8) is 0 Å². The minimum Gasteiger partial charge on any atom is -0.469 e. The van der Waals surface area contributed by atoms with Crippen LogP contribution in [0.5, 0.6) is 0 Å². The number of hydrogen-bond acceptors (Lipinski definition) is 6. The van der Waals surface area contributed by atoms with Gasteiger partial charge in [0.05, 0.1) is 32.8 Å². The van der Waals surface area contributed by atoms with Gasteiger partial charge in [-0.2, -0.15) is 0 Å². The van der Waals surface area contributed by atoms with Crippen LogP contribution in [0, 0.1) is 6.92 Å². The van der Waals surface area contributed by atoms with E-state index in [1.165, 1.54) is 7.11 Å². The van der Waals surface area contributed by atoms with E-state index in [1.54, 1.807) is 11.3 Å². The number of aryl methyl sites for hydroxylation is 1. The molecule has 0 N–H and O–H groups in total. The van der Waals surface area contributed by atoms with Gasteiger partial charge in [0.15, 0.2) is 0 Å². The van der Waals surface area contributed by atoms with Crippen molar-refractivity contribution in [1.29, 1.82) is 0 Å². The van der Waals surface area contributed by atoms with E-state index in [4.69, 9.17) is 4.74 Å². The van der Waals surface area contributed by atoms with Crippen LogP contribution < -0.4 is 0 Å². The molecule has 0 radical (unpaired) electrons. The normalized spacial score (nSPS) is 20.9. The number of hydrogen-bond donors (Lipinski definition) is 0. The molecule has 1 aliphatic heterocycles. The Kier molecular flexibility index (Phi) is 4.68. The lowest BCUT2D eigenvalue weighted by Gasteiger charge is -2.31. The van der Waals surface area contributed by atoms with E-state index < -0.39 is 0 Å². The molecule has 1 aromatic rings. The molecule has 2 heterocycles. The Morgan fingerprint density at radius 2 is 2.56 bits per heavy atom. The van der Waals surface area contributed by atoms with Crippen molar-refractivity contribution in [2.75, 3.05) is 26.8 Å². The maximum Gasteiger partial charge on any atom is 0.308 e. The molecule has 1 fully saturated rings. The molecule has 100 valence electrons. The number of thiazole rings is 1. The molecule has 1 aliphatic rings. The first kappa shape index (κ1) is 13.5. The van der Waals surface area contributed by atoms with E-state index in [0.717, 1.165) is 30.3 Å². The number of morpholine rings is 1. The molecule has 1 aromatic heterocycles. The summed E-state index contributed by atoms with van der Waals surface area (Å²) in [6.07, 6.45) is 0.261. The van der Waals surface area contributed by atoms with Crippen LogP contribution in [0.15, 0.2) is 5.38 Å². The Labute approximate surface area is 111 Å². The zero-order chi connectivity index (χ0) is 13.0. The van der Waals surface area contributed by atoms with E-state index >= 15 is 0 Å². The molecule has 18 heavy (non-hydrogen) atoms. The van der Waals surface area contributed by atoms with E-state index in [1.807, 2.05) is 6.92 Å². The molecule has 1 saturated heterocycles. The zero-order valence-electron chi connectivity index (χ0n) is 10.7. The maximum absolute atomic E-state index is 11.2. The number of esters is 1. The van der Waals surface area contributed by atoms with E-state index in [9.17, 15) is 4.79 Å². The first-order chi connectivity index (χ1) is 8.67. The van der Waals surface area contributed by atoms with Crippen molar-refractivity contribution in [3.8, 4) is 0 Å². The van der Waals surface area contributed by atoms with Gasteiger partial charge in [0.2, 0.25) is 0 Å². The summed E-state index contributed by atoms with van der Waals surface area (Å²) in [5, 5.41) is 3.17. The summed E-state index contributed by atoms with van der Waals surface area (Å²) < 4.78 is 10.2. The molecule has 0 aliphatic carbocycles. The van der Waals surface area contributed by atoms with Crippen molar-refractivity contribution in [2.24, 2.45) is 0 Å². The number of rotatable bonds is 4. The Morgan fingerprint density at radius 3 is 3.22 bits per heavy atom. The van der Waals surface area contributed by atoms with Gasteiger partial charge in [-0.25, -0.2) is 4.98 Å². The van der Waals surface area contributed by atoms with Gasteiger partial charge >= 0.3 is 5.97 Å². The highest BCUT2D eigenvalue weighted by molar-refractivity contribution is 7.09. The second kappa shape index (κ2) is 6.26. The predicted molar refractivity (Wildman–Crippen MR) is 68.5 cm³/mol. The van der Waals surface area contributed by atoms with Crippen LogP contribution in [-0.2, 0) is 20.8 Å². The van der Waals surface area contributed by atoms with Crippen molar-refractivity contribution >= 4 is 17.3 Å². The Bertz CT molecular complexity index is 408. The minimum absolute atomic E-state index is 0.0627. The second-order valence-corrected chi connectivity index (χ2v) is 5.33. The smallest absolute Gasteiger partial charge is 0.308 e. The highest BCUT2D eigenvalue weighted by Crippen LogP contribution is 2.15. The lowest BCUT2D eigenvalue weighted by atomic mass is 10.2. The molecule has 1 atom stereocenters. The van der Waals surface area contributed by atoms with Crippen molar-refractivity contribution < 1.29 is 14.3 Å². The first-order valence-corrected chi connectivity index (χ1v) is 6.87. The molecule has 0 spiro atoms. The number of ether oxygens (including phenoxy) is 2. The second-order valence-electron chi connectivity index (χ2n) is 4.39. The fourth-order valence-electron chi connectivity index (χ4n) is 1.98. The summed E-state index contributed by atoms with van der Waals surface area (Å²) in [4.78, 5) is 17.9. The van der Waals surface area contributed by atoms with Gasteiger partial charge in [-0.15, -0.1) is 11.3 Å². The molecular weight excluding hydrogens is 252 g/mol. The van der Waals surface area contributed by atoms with Crippen molar-refractivity contribution in [3.05, 3.63) is 16.1 Å². The van der Waals surface area contributed by atoms with Gasteiger partial charge in [-0.05, 0) is 6.92 Å². The van der Waals surface area contributed by atoms with Crippen molar-refractivity contribution in [2.45, 2.75) is 26.0 Å². The van der Waals surface area contributed by atoms with Crippen LogP contribution in [0.4, 0.5) is 0 Å². The Morgan fingerprint density at radius 1 is 1.72 bits per heavy atom. The molecule has 2 rings (SSSR count). The zero-order valence-corrected chi connectivity index (χ0v) is 11.5. The van der Waals surface area contributed by atoms with Crippen LogP contribution in [0.2, 0.25) is 0 Å². The van der Waals surface area contributed by atoms with E-state index in [0.29, 0.717) is 13.0 Å². The Hall–Kier alpha value is -0.980. The maximum atomic E-state index is 11.2. The summed E-state index contributed by atoms with van der Waals surface area (Å²) in [7, 11) is 1.40. The third-order valence-corrected chi connectivity index (χ3v) is 3.82. The average Bonchev–Trinajstić information content (AvgIpc) is 2.75. The third kappa shape index (κ3) is 3.76. The third-order valence-electron chi connectivity index (χ3n) is 2.87. The Balaban J connectivity index is 1.84. The highest BCUT2D eigenvalue weighted by Gasteiger charge is 2.23. The minimum atomic E-state index is -0.216. The molecule has 0 bridgehead atoms. The molecule has 0 saturated carbocycles. The number of aromatic nitrogens is 1. The molecule has 0 amide bonds. The van der Waals surface area contributed by atoms with Crippen LogP contribution in [0.1, 0.15) is 17.1 Å². The molecular formula is C12H18N2O3S.